The molecule has 0 spiro atoms. The van der Waals surface area contributed by atoms with Gasteiger partial charge < -0.3 is 5.32 Å². The van der Waals surface area contributed by atoms with Gasteiger partial charge in [0.2, 0.25) is 5.91 Å². The number of rotatable bonds is 5. The molecule has 116 valence electrons. The van der Waals surface area contributed by atoms with E-state index in [0.717, 1.165) is 5.75 Å². The Balaban J connectivity index is 1.83. The third-order valence-corrected chi connectivity index (χ3v) is 4.73. The molecule has 0 aliphatic carbocycles. The third-order valence-electron chi connectivity index (χ3n) is 2.99. The summed E-state index contributed by atoms with van der Waals surface area (Å²) in [6, 6.07) is 11.5. The number of amides is 1. The molecule has 5 heteroatoms. The van der Waals surface area contributed by atoms with Crippen LogP contribution in [-0.2, 0) is 10.5 Å². The van der Waals surface area contributed by atoms with Crippen molar-refractivity contribution >= 4 is 46.6 Å². The summed E-state index contributed by atoms with van der Waals surface area (Å²) in [5, 5.41) is 3.72. The summed E-state index contributed by atoms with van der Waals surface area (Å²) in [4.78, 5) is 11.9. The Hall–Kier alpha value is -1.16. The van der Waals surface area contributed by atoms with Crippen molar-refractivity contribution in [3.63, 3.8) is 0 Å². The number of halogens is 2. The van der Waals surface area contributed by atoms with E-state index in [1.165, 1.54) is 16.7 Å². The van der Waals surface area contributed by atoms with Crippen LogP contribution in [0.15, 0.2) is 36.4 Å². The molecule has 0 aliphatic rings. The summed E-state index contributed by atoms with van der Waals surface area (Å²) in [6.07, 6.45) is 0. The second-order valence-electron chi connectivity index (χ2n) is 5.17. The third kappa shape index (κ3) is 5.24. The maximum absolute atomic E-state index is 11.9. The van der Waals surface area contributed by atoms with E-state index in [1.54, 1.807) is 30.0 Å². The number of hydrogen-bond acceptors (Lipinski definition) is 2. The van der Waals surface area contributed by atoms with Gasteiger partial charge in [-0.15, -0.1) is 11.8 Å². The largest absolute Gasteiger partial charge is 0.325 e. The van der Waals surface area contributed by atoms with Crippen molar-refractivity contribution in [1.29, 1.82) is 0 Å². The Labute approximate surface area is 145 Å². The van der Waals surface area contributed by atoms with Crippen LogP contribution >= 0.6 is 35.0 Å². The molecule has 0 bridgehead atoms. The van der Waals surface area contributed by atoms with Crippen LogP contribution in [0.1, 0.15) is 16.7 Å². The van der Waals surface area contributed by atoms with E-state index < -0.39 is 0 Å². The molecule has 0 saturated carbocycles. The second kappa shape index (κ2) is 7.91. The maximum atomic E-state index is 11.9. The fourth-order valence-electron chi connectivity index (χ4n) is 2.18. The van der Waals surface area contributed by atoms with Crippen LogP contribution in [0.2, 0.25) is 10.0 Å². The Morgan fingerprint density at radius 1 is 1.05 bits per heavy atom. The van der Waals surface area contributed by atoms with Gasteiger partial charge in [0, 0.05) is 11.4 Å². The van der Waals surface area contributed by atoms with Crippen LogP contribution in [0.5, 0.6) is 0 Å². The number of anilines is 1. The molecule has 0 aromatic heterocycles. The molecule has 0 atom stereocenters. The lowest BCUT2D eigenvalue weighted by Crippen LogP contribution is -2.14. The number of nitrogens with one attached hydrogen (secondary N) is 1. The van der Waals surface area contributed by atoms with Gasteiger partial charge >= 0.3 is 0 Å². The predicted molar refractivity (Wildman–Crippen MR) is 97.2 cm³/mol. The van der Waals surface area contributed by atoms with Crippen molar-refractivity contribution in [2.45, 2.75) is 19.6 Å². The number of thioether (sulfide) groups is 1. The van der Waals surface area contributed by atoms with Gasteiger partial charge in [0.05, 0.1) is 15.8 Å². The van der Waals surface area contributed by atoms with E-state index in [1.807, 2.05) is 0 Å². The highest BCUT2D eigenvalue weighted by atomic mass is 35.5. The molecule has 1 N–H and O–H groups in total. The van der Waals surface area contributed by atoms with Crippen LogP contribution < -0.4 is 5.32 Å². The molecule has 0 fully saturated rings. The Morgan fingerprint density at radius 2 is 1.73 bits per heavy atom. The van der Waals surface area contributed by atoms with Gasteiger partial charge in [-0.05, 0) is 37.6 Å². The summed E-state index contributed by atoms with van der Waals surface area (Å²) in [7, 11) is 0. The molecule has 0 saturated heterocycles. The van der Waals surface area contributed by atoms with Crippen LogP contribution in [0.4, 0.5) is 5.69 Å². The normalized spacial score (nSPS) is 10.5. The molecule has 22 heavy (non-hydrogen) atoms. The summed E-state index contributed by atoms with van der Waals surface area (Å²) >= 11 is 13.4. The molecule has 0 unspecified atom stereocenters. The number of benzene rings is 2. The average Bonchev–Trinajstić information content (AvgIpc) is 2.42. The zero-order chi connectivity index (χ0) is 16.1. The van der Waals surface area contributed by atoms with Crippen molar-refractivity contribution in [3.05, 3.63) is 63.1 Å². The van der Waals surface area contributed by atoms with Gasteiger partial charge in [-0.3, -0.25) is 4.79 Å². The lowest BCUT2D eigenvalue weighted by atomic mass is 10.1. The lowest BCUT2D eigenvalue weighted by molar-refractivity contribution is -0.113. The number of hydrogen-bond donors (Lipinski definition) is 1. The first-order valence-corrected chi connectivity index (χ1v) is 8.75. The van der Waals surface area contributed by atoms with Gasteiger partial charge in [0.15, 0.2) is 0 Å². The van der Waals surface area contributed by atoms with Gasteiger partial charge in [-0.25, -0.2) is 0 Å². The standard InChI is InChI=1S/C17H17Cl2NOS/c1-11-5-12(2)7-13(6-11)9-22-10-17(21)20-14-3-4-15(18)16(19)8-14/h3-8H,9-10H2,1-2H3,(H,20,21). The predicted octanol–water partition coefficient (Wildman–Crippen LogP) is 5.48. The Morgan fingerprint density at radius 3 is 2.36 bits per heavy atom. The van der Waals surface area contributed by atoms with Crippen molar-refractivity contribution in [1.82, 2.24) is 0 Å². The van der Waals surface area contributed by atoms with Gasteiger partial charge in [-0.1, -0.05) is 52.5 Å². The van der Waals surface area contributed by atoms with E-state index in [9.17, 15) is 4.79 Å². The van der Waals surface area contributed by atoms with Crippen molar-refractivity contribution in [2.24, 2.45) is 0 Å². The molecule has 0 heterocycles. The smallest absolute Gasteiger partial charge is 0.234 e. The van der Waals surface area contributed by atoms with E-state index in [-0.39, 0.29) is 5.91 Å². The van der Waals surface area contributed by atoms with Crippen molar-refractivity contribution in [3.8, 4) is 0 Å². The van der Waals surface area contributed by atoms with Gasteiger partial charge in [0.1, 0.15) is 0 Å². The van der Waals surface area contributed by atoms with Crippen LogP contribution in [0.25, 0.3) is 0 Å². The molecule has 2 aromatic rings. The molecule has 2 nitrogen and oxygen atoms in total. The van der Waals surface area contributed by atoms with E-state index >= 15 is 0 Å². The first-order chi connectivity index (χ1) is 10.4. The van der Waals surface area contributed by atoms with Crippen LogP contribution in [0, 0.1) is 13.8 Å². The first kappa shape index (κ1) is 17.2. The summed E-state index contributed by atoms with van der Waals surface area (Å²) in [6.45, 7) is 4.16. The van der Waals surface area contributed by atoms with E-state index in [2.05, 4.69) is 37.4 Å². The summed E-state index contributed by atoms with van der Waals surface area (Å²) < 4.78 is 0. The van der Waals surface area contributed by atoms with Crippen LogP contribution in [0.3, 0.4) is 0 Å². The molecule has 2 rings (SSSR count). The van der Waals surface area contributed by atoms with Gasteiger partial charge in [0.25, 0.3) is 0 Å². The number of carbonyl (C=O) groups excluding carboxylic acids is 1. The molecular formula is C17H17Cl2NOS. The Kier molecular flexibility index (Phi) is 6.18. The SMILES string of the molecule is Cc1cc(C)cc(CSCC(=O)Nc2ccc(Cl)c(Cl)c2)c1. The Bertz CT molecular complexity index is 668. The fraction of sp³-hybridized carbons (Fsp3) is 0.235. The zero-order valence-corrected chi connectivity index (χ0v) is 14.8. The van der Waals surface area contributed by atoms with E-state index in [4.69, 9.17) is 23.2 Å². The topological polar surface area (TPSA) is 29.1 Å². The first-order valence-electron chi connectivity index (χ1n) is 6.84. The lowest BCUT2D eigenvalue weighted by Gasteiger charge is -2.07. The highest BCUT2D eigenvalue weighted by molar-refractivity contribution is 7.99. The minimum absolute atomic E-state index is 0.0484. The molecular weight excluding hydrogens is 337 g/mol. The second-order valence-corrected chi connectivity index (χ2v) is 6.97. The van der Waals surface area contributed by atoms with Gasteiger partial charge in [-0.2, -0.15) is 0 Å². The molecule has 2 aromatic carbocycles. The minimum Gasteiger partial charge on any atom is -0.325 e. The zero-order valence-electron chi connectivity index (χ0n) is 12.5. The highest BCUT2D eigenvalue weighted by Gasteiger charge is 2.05. The molecule has 0 aliphatic heterocycles. The quantitative estimate of drug-likeness (QED) is 0.770. The maximum Gasteiger partial charge on any atom is 0.234 e. The minimum atomic E-state index is -0.0484. The van der Waals surface area contributed by atoms with Crippen molar-refractivity contribution in [2.75, 3.05) is 11.1 Å². The fourth-order valence-corrected chi connectivity index (χ4v) is 3.24. The highest BCUT2D eigenvalue weighted by Crippen LogP contribution is 2.25. The summed E-state index contributed by atoms with van der Waals surface area (Å²) in [5.74, 6) is 1.16. The van der Waals surface area contributed by atoms with Crippen molar-refractivity contribution < 1.29 is 4.79 Å². The molecule has 0 radical (unpaired) electrons. The molecule has 1 amide bonds. The van der Waals surface area contributed by atoms with E-state index in [0.29, 0.717) is 21.5 Å². The van der Waals surface area contributed by atoms with Crippen LogP contribution in [-0.4, -0.2) is 11.7 Å². The average molecular weight is 354 g/mol. The number of carbonyl (C=O) groups is 1. The monoisotopic (exact) mass is 353 g/mol. The number of aryl methyl sites for hydroxylation is 2. The summed E-state index contributed by atoms with van der Waals surface area (Å²) in [5.41, 5.74) is 4.39.